The van der Waals surface area contributed by atoms with Gasteiger partial charge in [0.1, 0.15) is 11.6 Å². The molecule has 3 rings (SSSR count). The Hall–Kier alpha value is -2.08. The highest BCUT2D eigenvalue weighted by molar-refractivity contribution is 7.99. The molecule has 0 spiro atoms. The third kappa shape index (κ3) is 4.01. The second-order valence-corrected chi connectivity index (χ2v) is 6.46. The summed E-state index contributed by atoms with van der Waals surface area (Å²) in [6.07, 6.45) is 0.755. The van der Waals surface area contributed by atoms with Crippen LogP contribution in [0, 0.1) is 11.6 Å². The molecule has 2 N–H and O–H groups in total. The Morgan fingerprint density at radius 2 is 1.87 bits per heavy atom. The first-order valence-electron chi connectivity index (χ1n) is 7.33. The van der Waals surface area contributed by atoms with E-state index in [1.54, 1.807) is 30.0 Å². The molecule has 2 amide bonds. The van der Waals surface area contributed by atoms with Gasteiger partial charge in [-0.1, -0.05) is 12.1 Å². The molecule has 2 aromatic rings. The maximum atomic E-state index is 13.4. The summed E-state index contributed by atoms with van der Waals surface area (Å²) in [6, 6.07) is 10.1. The molecule has 23 heavy (non-hydrogen) atoms. The highest BCUT2D eigenvalue weighted by atomic mass is 32.2. The lowest BCUT2D eigenvalue weighted by molar-refractivity contribution is 0.236. The van der Waals surface area contributed by atoms with Crippen LogP contribution in [0.5, 0.6) is 0 Å². The lowest BCUT2D eigenvalue weighted by atomic mass is 10.0. The SMILES string of the molecule is O=C(NCc1ccc(F)cc1)NC1CCSc2ccc(F)cc21. The predicted molar refractivity (Wildman–Crippen MR) is 86.3 cm³/mol. The Labute approximate surface area is 137 Å². The van der Waals surface area contributed by atoms with E-state index >= 15 is 0 Å². The van der Waals surface area contributed by atoms with Crippen LogP contribution in [0.1, 0.15) is 23.6 Å². The second-order valence-electron chi connectivity index (χ2n) is 5.33. The summed E-state index contributed by atoms with van der Waals surface area (Å²) in [5.74, 6) is 0.267. The number of hydrogen-bond donors (Lipinski definition) is 2. The highest BCUT2D eigenvalue weighted by Gasteiger charge is 2.22. The molecule has 1 heterocycles. The number of nitrogens with one attached hydrogen (secondary N) is 2. The van der Waals surface area contributed by atoms with Crippen LogP contribution in [0.3, 0.4) is 0 Å². The van der Waals surface area contributed by atoms with E-state index in [1.807, 2.05) is 0 Å². The van der Waals surface area contributed by atoms with Crippen molar-refractivity contribution in [2.24, 2.45) is 0 Å². The van der Waals surface area contributed by atoms with Gasteiger partial charge in [-0.05, 0) is 47.9 Å². The number of carbonyl (C=O) groups is 1. The molecule has 0 bridgehead atoms. The fraction of sp³-hybridized carbons (Fsp3) is 0.235. The van der Waals surface area contributed by atoms with E-state index in [0.717, 1.165) is 28.2 Å². The zero-order valence-corrected chi connectivity index (χ0v) is 13.1. The van der Waals surface area contributed by atoms with Gasteiger partial charge in [-0.3, -0.25) is 0 Å². The maximum Gasteiger partial charge on any atom is 0.315 e. The normalized spacial score (nSPS) is 16.5. The minimum atomic E-state index is -0.318. The summed E-state index contributed by atoms with van der Waals surface area (Å²) in [5.41, 5.74) is 1.63. The number of thioether (sulfide) groups is 1. The molecule has 0 radical (unpaired) electrons. The molecular formula is C17H16F2N2OS. The number of benzene rings is 2. The van der Waals surface area contributed by atoms with Crippen molar-refractivity contribution in [2.45, 2.75) is 23.9 Å². The van der Waals surface area contributed by atoms with Gasteiger partial charge in [-0.25, -0.2) is 13.6 Å². The molecule has 0 saturated carbocycles. The van der Waals surface area contributed by atoms with Crippen LogP contribution in [0.2, 0.25) is 0 Å². The molecule has 0 aliphatic carbocycles. The van der Waals surface area contributed by atoms with Crippen molar-refractivity contribution >= 4 is 17.8 Å². The number of fused-ring (bicyclic) bond motifs is 1. The Morgan fingerprint density at radius 3 is 2.65 bits per heavy atom. The summed E-state index contributed by atoms with van der Waals surface area (Å²) in [5, 5.41) is 5.62. The predicted octanol–water partition coefficient (Wildman–Crippen LogP) is 4.00. The molecule has 1 unspecified atom stereocenters. The Balaban J connectivity index is 1.60. The van der Waals surface area contributed by atoms with Crippen LogP contribution >= 0.6 is 11.8 Å². The van der Waals surface area contributed by atoms with Crippen molar-refractivity contribution in [2.75, 3.05) is 5.75 Å². The van der Waals surface area contributed by atoms with E-state index in [-0.39, 0.29) is 23.7 Å². The second kappa shape index (κ2) is 7.00. The maximum absolute atomic E-state index is 13.4. The Bertz CT molecular complexity index is 706. The average Bonchev–Trinajstić information content (AvgIpc) is 2.55. The summed E-state index contributed by atoms with van der Waals surface area (Å²) in [7, 11) is 0. The molecule has 6 heteroatoms. The van der Waals surface area contributed by atoms with E-state index in [2.05, 4.69) is 10.6 Å². The smallest absolute Gasteiger partial charge is 0.315 e. The minimum absolute atomic E-state index is 0.199. The van der Waals surface area contributed by atoms with Gasteiger partial charge >= 0.3 is 6.03 Å². The standard InChI is InChI=1S/C17H16F2N2OS/c18-12-3-1-11(2-4-12)10-20-17(22)21-15-7-8-23-16-6-5-13(19)9-14(15)16/h1-6,9,15H,7-8,10H2,(H2,20,21,22). The van der Waals surface area contributed by atoms with Gasteiger partial charge in [0.15, 0.2) is 0 Å². The van der Waals surface area contributed by atoms with Gasteiger partial charge in [0.25, 0.3) is 0 Å². The van der Waals surface area contributed by atoms with Gasteiger partial charge in [0.2, 0.25) is 0 Å². The van der Waals surface area contributed by atoms with Crippen molar-refractivity contribution in [1.29, 1.82) is 0 Å². The first-order valence-corrected chi connectivity index (χ1v) is 8.31. The van der Waals surface area contributed by atoms with Crippen molar-refractivity contribution in [1.82, 2.24) is 10.6 Å². The van der Waals surface area contributed by atoms with E-state index in [0.29, 0.717) is 6.54 Å². The monoisotopic (exact) mass is 334 g/mol. The summed E-state index contributed by atoms with van der Waals surface area (Å²) in [6.45, 7) is 0.309. The van der Waals surface area contributed by atoms with Crippen LogP contribution in [-0.2, 0) is 6.54 Å². The molecule has 0 aromatic heterocycles. The number of urea groups is 1. The van der Waals surface area contributed by atoms with Crippen LogP contribution in [0.25, 0.3) is 0 Å². The summed E-state index contributed by atoms with van der Waals surface area (Å²) in [4.78, 5) is 13.1. The van der Waals surface area contributed by atoms with E-state index < -0.39 is 0 Å². The molecule has 120 valence electrons. The quantitative estimate of drug-likeness (QED) is 0.891. The topological polar surface area (TPSA) is 41.1 Å². The largest absolute Gasteiger partial charge is 0.334 e. The first-order chi connectivity index (χ1) is 11.1. The Kier molecular flexibility index (Phi) is 4.81. The molecule has 3 nitrogen and oxygen atoms in total. The van der Waals surface area contributed by atoms with Crippen LogP contribution in [0.4, 0.5) is 13.6 Å². The lowest BCUT2D eigenvalue weighted by Crippen LogP contribution is -2.38. The Morgan fingerprint density at radius 1 is 1.13 bits per heavy atom. The molecule has 1 aliphatic heterocycles. The van der Waals surface area contributed by atoms with Crippen molar-refractivity contribution in [3.05, 3.63) is 65.2 Å². The molecule has 1 aliphatic rings. The third-order valence-electron chi connectivity index (χ3n) is 3.68. The zero-order valence-electron chi connectivity index (χ0n) is 12.3. The molecular weight excluding hydrogens is 318 g/mol. The molecule has 0 fully saturated rings. The van der Waals surface area contributed by atoms with Crippen LogP contribution in [0.15, 0.2) is 47.4 Å². The summed E-state index contributed by atoms with van der Waals surface area (Å²) >= 11 is 1.67. The number of carbonyl (C=O) groups excluding carboxylic acids is 1. The van der Waals surface area contributed by atoms with Gasteiger partial charge in [-0.2, -0.15) is 0 Å². The number of hydrogen-bond acceptors (Lipinski definition) is 2. The van der Waals surface area contributed by atoms with Crippen molar-refractivity contribution in [3.8, 4) is 0 Å². The zero-order chi connectivity index (χ0) is 16.2. The molecule has 1 atom stereocenters. The van der Waals surface area contributed by atoms with Crippen molar-refractivity contribution in [3.63, 3.8) is 0 Å². The average molecular weight is 334 g/mol. The molecule has 2 aromatic carbocycles. The summed E-state index contributed by atoms with van der Waals surface area (Å²) < 4.78 is 26.3. The van der Waals surface area contributed by atoms with Gasteiger partial charge in [0.05, 0.1) is 6.04 Å². The van der Waals surface area contributed by atoms with E-state index in [9.17, 15) is 13.6 Å². The van der Waals surface area contributed by atoms with E-state index in [1.165, 1.54) is 24.3 Å². The number of rotatable bonds is 3. The minimum Gasteiger partial charge on any atom is -0.334 e. The first kappa shape index (κ1) is 15.8. The number of amides is 2. The lowest BCUT2D eigenvalue weighted by Gasteiger charge is -2.26. The fourth-order valence-electron chi connectivity index (χ4n) is 2.51. The van der Waals surface area contributed by atoms with Crippen molar-refractivity contribution < 1.29 is 13.6 Å². The highest BCUT2D eigenvalue weighted by Crippen LogP contribution is 2.36. The third-order valence-corrected chi connectivity index (χ3v) is 4.81. The van der Waals surface area contributed by atoms with Gasteiger partial charge in [0, 0.05) is 17.2 Å². The molecule has 0 saturated heterocycles. The fourth-order valence-corrected chi connectivity index (χ4v) is 3.61. The number of halogens is 2. The van der Waals surface area contributed by atoms with Crippen LogP contribution in [-0.4, -0.2) is 11.8 Å². The van der Waals surface area contributed by atoms with Gasteiger partial charge < -0.3 is 10.6 Å². The van der Waals surface area contributed by atoms with Crippen LogP contribution < -0.4 is 10.6 Å². The van der Waals surface area contributed by atoms with E-state index in [4.69, 9.17) is 0 Å². The van der Waals surface area contributed by atoms with Gasteiger partial charge in [-0.15, -0.1) is 11.8 Å².